The van der Waals surface area contributed by atoms with Crippen LogP contribution in [0.4, 0.5) is 0 Å². The van der Waals surface area contributed by atoms with Crippen molar-refractivity contribution in [3.8, 4) is 5.75 Å². The highest BCUT2D eigenvalue weighted by atomic mass is 16.3. The third-order valence-electron chi connectivity index (χ3n) is 3.48. The van der Waals surface area contributed by atoms with E-state index in [1.54, 1.807) is 19.9 Å². The average molecular weight is 252 g/mol. The lowest BCUT2D eigenvalue weighted by molar-refractivity contribution is 0.0760. The van der Waals surface area contributed by atoms with Crippen molar-refractivity contribution in [2.45, 2.75) is 19.4 Å². The predicted molar refractivity (Wildman–Crippen MR) is 78.4 cm³/mol. The van der Waals surface area contributed by atoms with Gasteiger partial charge in [0.25, 0.3) is 0 Å². The summed E-state index contributed by atoms with van der Waals surface area (Å²) in [4.78, 5) is 0. The molecule has 0 atom stereocenters. The molecule has 0 heterocycles. The van der Waals surface area contributed by atoms with Gasteiger partial charge in [-0.15, -0.1) is 0 Å². The van der Waals surface area contributed by atoms with Gasteiger partial charge in [-0.3, -0.25) is 0 Å². The van der Waals surface area contributed by atoms with E-state index in [1.807, 2.05) is 18.2 Å². The number of benzene rings is 3. The number of aliphatic hydroxyl groups is 1. The van der Waals surface area contributed by atoms with Crippen molar-refractivity contribution in [2.24, 2.45) is 0 Å². The Morgan fingerprint density at radius 3 is 1.84 bits per heavy atom. The number of fused-ring (bicyclic) bond motifs is 2. The zero-order chi connectivity index (χ0) is 13.6. The van der Waals surface area contributed by atoms with E-state index in [2.05, 4.69) is 24.3 Å². The summed E-state index contributed by atoms with van der Waals surface area (Å²) >= 11 is 0. The molecule has 2 heteroatoms. The maximum Gasteiger partial charge on any atom is 0.122 e. The van der Waals surface area contributed by atoms with Gasteiger partial charge in [0.15, 0.2) is 0 Å². The lowest BCUT2D eigenvalue weighted by atomic mass is 9.93. The summed E-state index contributed by atoms with van der Waals surface area (Å²) in [6, 6.07) is 15.8. The molecule has 2 N–H and O–H groups in total. The predicted octanol–water partition coefficient (Wildman–Crippen LogP) is 3.93. The molecule has 3 aromatic rings. The number of aromatic hydroxyl groups is 1. The molecule has 0 unspecified atom stereocenters. The van der Waals surface area contributed by atoms with Crippen LogP contribution in [0.2, 0.25) is 0 Å². The molecule has 0 aliphatic rings. The number of phenols is 1. The van der Waals surface area contributed by atoms with Crippen molar-refractivity contribution in [3.63, 3.8) is 0 Å². The van der Waals surface area contributed by atoms with Crippen molar-refractivity contribution in [2.75, 3.05) is 0 Å². The molecule has 0 radical (unpaired) electrons. The van der Waals surface area contributed by atoms with Gasteiger partial charge < -0.3 is 10.2 Å². The summed E-state index contributed by atoms with van der Waals surface area (Å²) in [5.41, 5.74) is -0.500. The van der Waals surface area contributed by atoms with Gasteiger partial charge >= 0.3 is 0 Å². The summed E-state index contributed by atoms with van der Waals surface area (Å²) in [5, 5.41) is 24.4. The first-order valence-electron chi connectivity index (χ1n) is 6.33. The molecular weight excluding hydrogens is 236 g/mol. The first-order chi connectivity index (χ1) is 8.95. The minimum atomic E-state index is -1.05. The Kier molecular flexibility index (Phi) is 2.51. The topological polar surface area (TPSA) is 40.5 Å². The minimum Gasteiger partial charge on any atom is -0.508 e. The molecule has 2 nitrogen and oxygen atoms in total. The van der Waals surface area contributed by atoms with Crippen LogP contribution in [0.15, 0.2) is 48.5 Å². The monoisotopic (exact) mass is 252 g/mol. The summed E-state index contributed by atoms with van der Waals surface area (Å²) in [7, 11) is 0. The lowest BCUT2D eigenvalue weighted by Crippen LogP contribution is -2.15. The van der Waals surface area contributed by atoms with E-state index in [1.165, 1.54) is 0 Å². The molecular formula is C17H16O2. The molecule has 0 saturated carbocycles. The van der Waals surface area contributed by atoms with Crippen LogP contribution >= 0.6 is 0 Å². The molecule has 96 valence electrons. The van der Waals surface area contributed by atoms with E-state index >= 15 is 0 Å². The smallest absolute Gasteiger partial charge is 0.122 e. The van der Waals surface area contributed by atoms with Crippen molar-refractivity contribution in [3.05, 3.63) is 54.1 Å². The maximum atomic E-state index is 10.1. The van der Waals surface area contributed by atoms with E-state index in [0.717, 1.165) is 21.5 Å². The maximum absolute atomic E-state index is 10.1. The summed E-state index contributed by atoms with van der Waals surface area (Å²) in [5.74, 6) is 0.135. The van der Waals surface area contributed by atoms with Gasteiger partial charge in [-0.25, -0.2) is 0 Å². The fraction of sp³-hybridized carbons (Fsp3) is 0.176. The Balaban J connectivity index is 2.36. The van der Waals surface area contributed by atoms with E-state index < -0.39 is 5.60 Å². The summed E-state index contributed by atoms with van der Waals surface area (Å²) in [6.07, 6.45) is 0. The van der Waals surface area contributed by atoms with Crippen LogP contribution in [-0.4, -0.2) is 10.2 Å². The van der Waals surface area contributed by atoms with Crippen molar-refractivity contribution in [1.29, 1.82) is 0 Å². The number of hydrogen-bond donors (Lipinski definition) is 2. The second-order valence-electron chi connectivity index (χ2n) is 5.47. The van der Waals surface area contributed by atoms with Crippen LogP contribution < -0.4 is 0 Å². The molecule has 3 aromatic carbocycles. The molecule has 0 aliphatic heterocycles. The quantitative estimate of drug-likeness (QED) is 0.644. The normalized spacial score (nSPS) is 12.2. The number of phenolic OH excluding ortho intramolecular Hbond substituents is 1. The van der Waals surface area contributed by atoms with Crippen molar-refractivity contribution < 1.29 is 10.2 Å². The zero-order valence-electron chi connectivity index (χ0n) is 11.0. The van der Waals surface area contributed by atoms with Crippen LogP contribution in [-0.2, 0) is 5.60 Å². The highest BCUT2D eigenvalue weighted by Crippen LogP contribution is 2.34. The van der Waals surface area contributed by atoms with E-state index in [0.29, 0.717) is 5.56 Å². The fourth-order valence-corrected chi connectivity index (χ4v) is 2.47. The third kappa shape index (κ3) is 2.04. The molecule has 0 saturated heterocycles. The van der Waals surface area contributed by atoms with E-state index in [9.17, 15) is 10.2 Å². The minimum absolute atomic E-state index is 0.135. The molecule has 19 heavy (non-hydrogen) atoms. The molecule has 0 fully saturated rings. The second kappa shape index (κ2) is 3.97. The van der Waals surface area contributed by atoms with Crippen LogP contribution in [0, 0.1) is 0 Å². The molecule has 0 aliphatic carbocycles. The van der Waals surface area contributed by atoms with Gasteiger partial charge in [-0.1, -0.05) is 24.3 Å². The molecule has 3 rings (SSSR count). The molecule has 0 bridgehead atoms. The Bertz CT molecular complexity index is 767. The first-order valence-corrected chi connectivity index (χ1v) is 6.33. The van der Waals surface area contributed by atoms with Crippen molar-refractivity contribution in [1.82, 2.24) is 0 Å². The molecule has 0 spiro atoms. The van der Waals surface area contributed by atoms with Crippen molar-refractivity contribution >= 4 is 21.5 Å². The Labute approximate surface area is 111 Å². The fourth-order valence-electron chi connectivity index (χ4n) is 2.47. The van der Waals surface area contributed by atoms with Gasteiger partial charge in [-0.05, 0) is 59.7 Å². The van der Waals surface area contributed by atoms with Crippen LogP contribution in [0.5, 0.6) is 5.75 Å². The first kappa shape index (κ1) is 12.0. The van der Waals surface area contributed by atoms with Gasteiger partial charge in [-0.2, -0.15) is 0 Å². The SMILES string of the molecule is CC(C)(O)c1cc2cc3ccccc3cc2cc1O. The molecule has 0 aromatic heterocycles. The van der Waals surface area contributed by atoms with E-state index in [-0.39, 0.29) is 5.75 Å². The number of rotatable bonds is 1. The largest absolute Gasteiger partial charge is 0.508 e. The summed E-state index contributed by atoms with van der Waals surface area (Å²) < 4.78 is 0. The Hall–Kier alpha value is -2.06. The third-order valence-corrected chi connectivity index (χ3v) is 3.48. The second-order valence-corrected chi connectivity index (χ2v) is 5.47. The van der Waals surface area contributed by atoms with Crippen LogP contribution in [0.3, 0.4) is 0 Å². The highest BCUT2D eigenvalue weighted by molar-refractivity contribution is 5.99. The van der Waals surface area contributed by atoms with Gasteiger partial charge in [0, 0.05) is 5.56 Å². The molecule has 0 amide bonds. The van der Waals surface area contributed by atoms with Crippen LogP contribution in [0.25, 0.3) is 21.5 Å². The summed E-state index contributed by atoms with van der Waals surface area (Å²) in [6.45, 7) is 3.35. The zero-order valence-corrected chi connectivity index (χ0v) is 11.0. The van der Waals surface area contributed by atoms with Gasteiger partial charge in [0.2, 0.25) is 0 Å². The van der Waals surface area contributed by atoms with Gasteiger partial charge in [0.05, 0.1) is 5.60 Å². The Morgan fingerprint density at radius 1 is 0.789 bits per heavy atom. The lowest BCUT2D eigenvalue weighted by Gasteiger charge is -2.20. The standard InChI is InChI=1S/C17H16O2/c1-17(2,19)15-9-13-7-11-5-3-4-6-12(11)8-14(13)10-16(15)18/h3-10,18-19H,1-2H3. The van der Waals surface area contributed by atoms with E-state index in [4.69, 9.17) is 0 Å². The number of hydrogen-bond acceptors (Lipinski definition) is 2. The Morgan fingerprint density at radius 2 is 1.32 bits per heavy atom. The highest BCUT2D eigenvalue weighted by Gasteiger charge is 2.20. The average Bonchev–Trinajstić information content (AvgIpc) is 2.34. The van der Waals surface area contributed by atoms with Crippen LogP contribution in [0.1, 0.15) is 19.4 Å². The van der Waals surface area contributed by atoms with Gasteiger partial charge in [0.1, 0.15) is 5.75 Å².